The van der Waals surface area contributed by atoms with Crippen molar-refractivity contribution in [1.82, 2.24) is 4.90 Å². The Morgan fingerprint density at radius 1 is 0.949 bits per heavy atom. The van der Waals surface area contributed by atoms with E-state index in [1.54, 1.807) is 25.3 Å². The number of likely N-dealkylation sites (N-methyl/N-ethyl adjacent to an activating group) is 1. The Hall–Kier alpha value is -4.56. The number of thioether (sulfide) groups is 1. The minimum atomic E-state index is -1.03. The molecule has 8 heteroatoms. The number of carboxylic acids is 1. The van der Waals surface area contributed by atoms with Gasteiger partial charge in [0.15, 0.2) is 16.7 Å². The summed E-state index contributed by atoms with van der Waals surface area (Å²) >= 11 is 1.23. The molecule has 7 nitrogen and oxygen atoms in total. The monoisotopic (exact) mass is 538 g/mol. The van der Waals surface area contributed by atoms with E-state index in [1.807, 2.05) is 37.3 Å². The van der Waals surface area contributed by atoms with Gasteiger partial charge in [-0.25, -0.2) is 9.79 Å². The maximum atomic E-state index is 12.9. The number of carbonyl (C=O) groups excluding carboxylic acids is 1. The SMILES string of the molecule is CCOc1cc(C=C2SC(=Nc3cccc(C(=O)O)c3)N(C)C2=O)ccc1OCc1ccc2ccccc2c1. The maximum absolute atomic E-state index is 12.9. The van der Waals surface area contributed by atoms with Gasteiger partial charge in [-0.3, -0.25) is 9.69 Å². The van der Waals surface area contributed by atoms with Crippen molar-refractivity contribution in [3.8, 4) is 11.5 Å². The molecule has 1 N–H and O–H groups in total. The molecule has 0 unspecified atom stereocenters. The van der Waals surface area contributed by atoms with Gasteiger partial charge in [0.2, 0.25) is 0 Å². The molecule has 196 valence electrons. The van der Waals surface area contributed by atoms with Crippen molar-refractivity contribution >= 4 is 51.3 Å². The molecule has 1 fully saturated rings. The molecule has 0 saturated carbocycles. The van der Waals surface area contributed by atoms with Gasteiger partial charge in [0.1, 0.15) is 6.61 Å². The molecule has 0 spiro atoms. The molecule has 1 saturated heterocycles. The largest absolute Gasteiger partial charge is 0.490 e. The van der Waals surface area contributed by atoms with Gasteiger partial charge in [0.05, 0.1) is 22.8 Å². The second-order valence-electron chi connectivity index (χ2n) is 8.83. The number of aliphatic imine (C=N–C) groups is 1. The molecule has 0 aliphatic carbocycles. The van der Waals surface area contributed by atoms with Crippen LogP contribution in [0.3, 0.4) is 0 Å². The number of aromatic carboxylic acids is 1. The van der Waals surface area contributed by atoms with Gasteiger partial charge in [0.25, 0.3) is 5.91 Å². The molecular formula is C31H26N2O5S. The number of carbonyl (C=O) groups is 2. The Morgan fingerprint density at radius 2 is 1.77 bits per heavy atom. The van der Waals surface area contributed by atoms with E-state index in [2.05, 4.69) is 35.3 Å². The van der Waals surface area contributed by atoms with Crippen LogP contribution in [0.2, 0.25) is 0 Å². The summed E-state index contributed by atoms with van der Waals surface area (Å²) in [5.74, 6) is -0.00952. The molecule has 1 aliphatic heterocycles. The number of ether oxygens (including phenoxy) is 2. The molecule has 1 heterocycles. The number of amides is 1. The quantitative estimate of drug-likeness (QED) is 0.250. The fourth-order valence-electron chi connectivity index (χ4n) is 4.11. The second kappa shape index (κ2) is 11.4. The summed E-state index contributed by atoms with van der Waals surface area (Å²) in [6, 6.07) is 26.3. The third kappa shape index (κ3) is 5.97. The lowest BCUT2D eigenvalue weighted by Crippen LogP contribution is -2.23. The van der Waals surface area contributed by atoms with Gasteiger partial charge in [-0.1, -0.05) is 48.5 Å². The zero-order chi connectivity index (χ0) is 27.4. The van der Waals surface area contributed by atoms with Gasteiger partial charge in [-0.05, 0) is 83.1 Å². The van der Waals surface area contributed by atoms with E-state index >= 15 is 0 Å². The Labute approximate surface area is 230 Å². The predicted octanol–water partition coefficient (Wildman–Crippen LogP) is 6.75. The van der Waals surface area contributed by atoms with Gasteiger partial charge in [-0.15, -0.1) is 0 Å². The van der Waals surface area contributed by atoms with Crippen molar-refractivity contribution in [3.63, 3.8) is 0 Å². The lowest BCUT2D eigenvalue weighted by molar-refractivity contribution is -0.121. The van der Waals surface area contributed by atoms with Gasteiger partial charge in [0, 0.05) is 7.05 Å². The lowest BCUT2D eigenvalue weighted by atomic mass is 10.1. The normalized spacial score (nSPS) is 15.3. The Morgan fingerprint density at radius 3 is 2.56 bits per heavy atom. The summed E-state index contributed by atoms with van der Waals surface area (Å²) in [7, 11) is 1.64. The molecule has 0 radical (unpaired) electrons. The number of fused-ring (bicyclic) bond motifs is 1. The van der Waals surface area contributed by atoms with Crippen molar-refractivity contribution in [2.45, 2.75) is 13.5 Å². The summed E-state index contributed by atoms with van der Waals surface area (Å²) in [4.78, 5) is 30.6. The number of rotatable bonds is 8. The van der Waals surface area contributed by atoms with Crippen LogP contribution in [0.5, 0.6) is 11.5 Å². The van der Waals surface area contributed by atoms with Crippen LogP contribution in [-0.4, -0.2) is 40.7 Å². The van der Waals surface area contributed by atoms with Crippen molar-refractivity contribution in [2.75, 3.05) is 13.7 Å². The average Bonchev–Trinajstić information content (AvgIpc) is 3.20. The van der Waals surface area contributed by atoms with E-state index in [0.29, 0.717) is 40.5 Å². The van der Waals surface area contributed by atoms with Crippen LogP contribution in [0.15, 0.2) is 94.8 Å². The van der Waals surface area contributed by atoms with Crippen molar-refractivity contribution < 1.29 is 24.2 Å². The smallest absolute Gasteiger partial charge is 0.335 e. The minimum Gasteiger partial charge on any atom is -0.490 e. The van der Waals surface area contributed by atoms with Crippen LogP contribution >= 0.6 is 11.8 Å². The average molecular weight is 539 g/mol. The summed E-state index contributed by atoms with van der Waals surface area (Å²) in [5, 5.41) is 12.0. The topological polar surface area (TPSA) is 88.4 Å². The molecule has 0 bridgehead atoms. The lowest BCUT2D eigenvalue weighted by Gasteiger charge is -2.13. The van der Waals surface area contributed by atoms with E-state index in [4.69, 9.17) is 9.47 Å². The van der Waals surface area contributed by atoms with E-state index in [0.717, 1.165) is 16.5 Å². The number of amidine groups is 1. The third-order valence-corrected chi connectivity index (χ3v) is 7.16. The molecule has 39 heavy (non-hydrogen) atoms. The Balaban J connectivity index is 1.35. The highest BCUT2D eigenvalue weighted by Crippen LogP contribution is 2.35. The van der Waals surface area contributed by atoms with Crippen molar-refractivity contribution in [1.29, 1.82) is 0 Å². The van der Waals surface area contributed by atoms with E-state index < -0.39 is 5.97 Å². The van der Waals surface area contributed by atoms with E-state index in [-0.39, 0.29) is 11.5 Å². The Kier molecular flexibility index (Phi) is 7.65. The highest BCUT2D eigenvalue weighted by Gasteiger charge is 2.30. The second-order valence-corrected chi connectivity index (χ2v) is 9.84. The standard InChI is InChI=1S/C31H26N2O5S/c1-3-37-27-16-20(12-14-26(27)38-19-21-11-13-22-7-4-5-8-23(22)15-21)17-28-29(34)33(2)31(39-28)32-25-10-6-9-24(18-25)30(35)36/h4-18H,3,19H2,1-2H3,(H,35,36). The number of nitrogens with zero attached hydrogens (tertiary/aromatic N) is 2. The molecule has 1 amide bonds. The summed E-state index contributed by atoms with van der Waals surface area (Å²) in [6.07, 6.45) is 1.79. The molecule has 4 aromatic rings. The molecule has 4 aromatic carbocycles. The zero-order valence-corrected chi connectivity index (χ0v) is 22.3. The minimum absolute atomic E-state index is 0.135. The summed E-state index contributed by atoms with van der Waals surface area (Å²) in [6.45, 7) is 2.77. The van der Waals surface area contributed by atoms with Crippen LogP contribution in [0.1, 0.15) is 28.4 Å². The molecule has 0 aromatic heterocycles. The van der Waals surface area contributed by atoms with Crippen LogP contribution in [0.25, 0.3) is 16.8 Å². The van der Waals surface area contributed by atoms with E-state index in [1.165, 1.54) is 34.2 Å². The first-order chi connectivity index (χ1) is 18.9. The van der Waals surface area contributed by atoms with Gasteiger partial charge < -0.3 is 14.6 Å². The Bertz CT molecular complexity index is 1630. The van der Waals surface area contributed by atoms with Crippen LogP contribution in [-0.2, 0) is 11.4 Å². The number of hydrogen-bond acceptors (Lipinski definition) is 6. The number of carboxylic acid groups (broad SMARTS) is 1. The van der Waals surface area contributed by atoms with Gasteiger partial charge in [-0.2, -0.15) is 0 Å². The van der Waals surface area contributed by atoms with Gasteiger partial charge >= 0.3 is 5.97 Å². The van der Waals surface area contributed by atoms with Crippen LogP contribution in [0, 0.1) is 0 Å². The van der Waals surface area contributed by atoms with Crippen molar-refractivity contribution in [2.24, 2.45) is 4.99 Å². The molecule has 5 rings (SSSR count). The number of benzene rings is 4. The third-order valence-electron chi connectivity index (χ3n) is 6.10. The fraction of sp³-hybridized carbons (Fsp3) is 0.129. The van der Waals surface area contributed by atoms with Crippen molar-refractivity contribution in [3.05, 3.63) is 107 Å². The number of hydrogen-bond donors (Lipinski definition) is 1. The predicted molar refractivity (Wildman–Crippen MR) is 155 cm³/mol. The van der Waals surface area contributed by atoms with Crippen LogP contribution < -0.4 is 9.47 Å². The first kappa shape index (κ1) is 26.1. The maximum Gasteiger partial charge on any atom is 0.335 e. The van der Waals surface area contributed by atoms with Crippen LogP contribution in [0.4, 0.5) is 5.69 Å². The highest BCUT2D eigenvalue weighted by atomic mass is 32.2. The fourth-order valence-corrected chi connectivity index (χ4v) is 5.10. The summed E-state index contributed by atoms with van der Waals surface area (Å²) < 4.78 is 12.0. The highest BCUT2D eigenvalue weighted by molar-refractivity contribution is 8.18. The molecule has 1 aliphatic rings. The van der Waals surface area contributed by atoms with E-state index in [9.17, 15) is 14.7 Å². The first-order valence-corrected chi connectivity index (χ1v) is 13.2. The first-order valence-electron chi connectivity index (χ1n) is 12.4. The zero-order valence-electron chi connectivity index (χ0n) is 21.5. The molecule has 0 atom stereocenters. The summed E-state index contributed by atoms with van der Waals surface area (Å²) in [5.41, 5.74) is 2.44. The molecular weight excluding hydrogens is 512 g/mol.